The molecule has 12 nitrogen and oxygen atoms in total. The summed E-state index contributed by atoms with van der Waals surface area (Å²) in [6.07, 6.45) is 9.48. The Morgan fingerprint density at radius 2 is 1.38 bits per heavy atom. The first kappa shape index (κ1) is 55.3. The molecule has 0 bridgehead atoms. The fourth-order valence-electron chi connectivity index (χ4n) is 9.84. The number of hydrogen-bond donors (Lipinski definition) is 3. The number of benzene rings is 5. The average Bonchev–Trinajstić information content (AvgIpc) is 3.70. The van der Waals surface area contributed by atoms with Crippen molar-refractivity contribution in [1.29, 1.82) is 0 Å². The van der Waals surface area contributed by atoms with Gasteiger partial charge in [0.1, 0.15) is 12.5 Å². The minimum absolute atomic E-state index is 0.0384. The van der Waals surface area contributed by atoms with E-state index < -0.39 is 46.4 Å². The molecular formula is C56H60F4N4O8S. The van der Waals surface area contributed by atoms with Gasteiger partial charge in [-0.15, -0.1) is 0 Å². The van der Waals surface area contributed by atoms with Crippen LogP contribution >= 0.6 is 0 Å². The maximum atomic E-state index is 13.0. The van der Waals surface area contributed by atoms with Crippen molar-refractivity contribution in [2.45, 2.75) is 94.9 Å². The highest BCUT2D eigenvalue weighted by molar-refractivity contribution is 7.87. The van der Waals surface area contributed by atoms with Gasteiger partial charge < -0.3 is 25.9 Å². The molecule has 5 aromatic carbocycles. The number of halogens is 4. The molecule has 0 aromatic heterocycles. The molecule has 2 aliphatic rings. The number of carbonyl (C=O) groups excluding carboxylic acids is 4. The summed E-state index contributed by atoms with van der Waals surface area (Å²) in [5.74, 6) is -4.54. The van der Waals surface area contributed by atoms with Gasteiger partial charge in [0, 0.05) is 78.0 Å². The summed E-state index contributed by atoms with van der Waals surface area (Å²) >= 11 is 0. The number of rotatable bonds is 20. The van der Waals surface area contributed by atoms with Gasteiger partial charge in [-0.25, -0.2) is 0 Å². The number of alkyl halides is 4. The maximum absolute atomic E-state index is 13.0. The molecule has 2 heterocycles. The highest BCUT2D eigenvalue weighted by Crippen LogP contribution is 2.51. The number of nitrogens with zero attached hydrogens (tertiary/aromatic N) is 2. The molecule has 73 heavy (non-hydrogen) atoms. The number of primary amides is 1. The van der Waals surface area contributed by atoms with E-state index in [0.29, 0.717) is 19.4 Å². The van der Waals surface area contributed by atoms with Crippen LogP contribution in [0.2, 0.25) is 0 Å². The highest BCUT2D eigenvalue weighted by Gasteiger charge is 2.45. The van der Waals surface area contributed by atoms with Gasteiger partial charge >= 0.3 is 6.18 Å². The second-order valence-electron chi connectivity index (χ2n) is 19.0. The predicted octanol–water partition coefficient (Wildman–Crippen LogP) is 9.52. The monoisotopic (exact) mass is 1020 g/mol. The Morgan fingerprint density at radius 3 is 1.99 bits per heavy atom. The lowest BCUT2D eigenvalue weighted by Crippen LogP contribution is -2.37. The first-order valence-electron chi connectivity index (χ1n) is 24.0. The van der Waals surface area contributed by atoms with Crippen LogP contribution in [0.15, 0.2) is 133 Å². The first-order chi connectivity index (χ1) is 34.5. The third-order valence-electron chi connectivity index (χ3n) is 13.3. The molecule has 0 saturated carbocycles. The van der Waals surface area contributed by atoms with Gasteiger partial charge in [0.2, 0.25) is 11.6 Å². The first-order valence-corrected chi connectivity index (χ1v) is 25.5. The second kappa shape index (κ2) is 23.3. The summed E-state index contributed by atoms with van der Waals surface area (Å²) in [5.41, 5.74) is 12.5. The van der Waals surface area contributed by atoms with E-state index >= 15 is 0 Å². The lowest BCUT2D eigenvalue weighted by Gasteiger charge is -2.27. The number of carbonyl (C=O) groups is 4. The molecule has 2 aliphatic heterocycles. The Balaban J connectivity index is 0.00000116. The molecule has 1 atom stereocenters. The number of allylic oxidation sites excluding steroid dienone is 6. The summed E-state index contributed by atoms with van der Waals surface area (Å²) in [5, 5.41) is 14.7. The Morgan fingerprint density at radius 1 is 0.781 bits per heavy atom. The normalized spacial score (nSPS) is 16.0. The van der Waals surface area contributed by atoms with E-state index in [1.807, 2.05) is 0 Å². The number of nitrogens with one attached hydrogen (secondary N) is 1. The van der Waals surface area contributed by atoms with Crippen LogP contribution in [0.4, 0.5) is 28.9 Å². The molecule has 1 unspecified atom stereocenters. The van der Waals surface area contributed by atoms with E-state index in [1.54, 1.807) is 0 Å². The molecule has 0 aliphatic carbocycles. The molecule has 5 aromatic rings. The third-order valence-corrected chi connectivity index (χ3v) is 14.5. The zero-order valence-corrected chi connectivity index (χ0v) is 42.0. The number of aliphatic carboxylic acids is 1. The van der Waals surface area contributed by atoms with Crippen LogP contribution in [-0.2, 0) is 30.5 Å². The number of hydrogen-bond acceptors (Lipinski definition) is 8. The smallest absolute Gasteiger partial charge is 0.430 e. The zero-order valence-electron chi connectivity index (χ0n) is 41.2. The van der Waals surface area contributed by atoms with Crippen molar-refractivity contribution in [2.75, 3.05) is 31.2 Å². The van der Waals surface area contributed by atoms with Crippen molar-refractivity contribution in [3.05, 3.63) is 155 Å². The number of unbranched alkanes of at least 4 members (excludes halogenated alkanes) is 3. The van der Waals surface area contributed by atoms with Crippen LogP contribution in [0.25, 0.3) is 21.5 Å². The molecule has 7 rings (SSSR count). The number of ketones is 1. The van der Waals surface area contributed by atoms with Crippen LogP contribution < -0.4 is 21.1 Å². The van der Waals surface area contributed by atoms with Crippen molar-refractivity contribution in [3.8, 4) is 0 Å². The van der Waals surface area contributed by atoms with E-state index in [-0.39, 0.29) is 33.8 Å². The van der Waals surface area contributed by atoms with Gasteiger partial charge in [0.05, 0.1) is 12.1 Å². The maximum Gasteiger partial charge on any atom is 0.430 e. The van der Waals surface area contributed by atoms with Gasteiger partial charge in [-0.3, -0.25) is 23.3 Å². The standard InChI is InChI=1S/C54H59FN4O6S.C2HF3O2/c1-53(2)46(58(35-15-6-9-23-48(56)60)43-30-28-37-17-10-12-19-41(37)49(43)53)21-7-5-8-22-47-54(3,4)50-42-20-13-11-18-38(42)29-31-44(50)59(47)36-16-14-34-57-52(62)40-26-24-39(25-27-40)51(61)45(32-33-55)66(63,64)65;3-2(4,5)1(6)7/h5,7-8,10-13,17-22,24-31,45H,6,9,14-16,23,32-36H2,1-4H3,(H3-,56,57,60,62,63,64,65);(H,6,7). The molecule has 2 amide bonds. The van der Waals surface area contributed by atoms with Crippen molar-refractivity contribution in [1.82, 2.24) is 5.32 Å². The SMILES string of the molecule is CC1(C)C(/C=C/C=C/C=C2/N(CCCCNC(=O)c3ccc(C(=O)C(CCF)S(=O)(=O)O)cc3)c3ccc4ccccc4c3C2(C)C)=[N+](CCCCCC(N)=O)c2ccc3ccccc3c21.O=C([O-])C(F)(F)F. The van der Waals surface area contributed by atoms with Crippen LogP contribution in [-0.4, -0.2) is 84.6 Å². The largest absolute Gasteiger partial charge is 0.542 e. The van der Waals surface area contributed by atoms with Gasteiger partial charge in [-0.2, -0.15) is 26.2 Å². The van der Waals surface area contributed by atoms with Crippen molar-refractivity contribution in [3.63, 3.8) is 0 Å². The number of nitrogens with two attached hydrogens (primary N) is 1. The van der Waals surface area contributed by atoms with Crippen molar-refractivity contribution < 1.29 is 59.4 Å². The van der Waals surface area contributed by atoms with Gasteiger partial charge in [-0.05, 0) is 97.0 Å². The summed E-state index contributed by atoms with van der Waals surface area (Å²) in [7, 11) is -4.79. The summed E-state index contributed by atoms with van der Waals surface area (Å²) in [6, 6.07) is 31.3. The fraction of sp³-hybridized carbons (Fsp3) is 0.339. The zero-order chi connectivity index (χ0) is 53.3. The molecule has 4 N–H and O–H groups in total. The van der Waals surface area contributed by atoms with E-state index in [9.17, 15) is 44.9 Å². The van der Waals surface area contributed by atoms with Crippen LogP contribution in [0.1, 0.15) is 104 Å². The Labute approximate surface area is 422 Å². The predicted molar refractivity (Wildman–Crippen MR) is 274 cm³/mol. The number of anilines is 1. The summed E-state index contributed by atoms with van der Waals surface area (Å²) < 4.78 is 79.7. The third kappa shape index (κ3) is 12.8. The topological polar surface area (TPSA) is 190 Å². The number of carboxylic acids is 1. The molecule has 386 valence electrons. The van der Waals surface area contributed by atoms with Crippen molar-refractivity contribution in [2.24, 2.45) is 5.73 Å². The summed E-state index contributed by atoms with van der Waals surface area (Å²) in [4.78, 5) is 48.3. The molecular weight excluding hydrogens is 965 g/mol. The van der Waals surface area contributed by atoms with Crippen LogP contribution in [0.5, 0.6) is 0 Å². The summed E-state index contributed by atoms with van der Waals surface area (Å²) in [6.45, 7) is 10.0. The Kier molecular flexibility index (Phi) is 17.6. The van der Waals surface area contributed by atoms with E-state index in [2.05, 4.69) is 146 Å². The van der Waals surface area contributed by atoms with E-state index in [4.69, 9.17) is 15.6 Å². The Hall–Kier alpha value is -6.98. The molecule has 0 saturated heterocycles. The second-order valence-corrected chi connectivity index (χ2v) is 20.6. The number of carboxylic acid groups (broad SMARTS) is 1. The van der Waals surface area contributed by atoms with Gasteiger partial charge in [0.15, 0.2) is 16.7 Å². The van der Waals surface area contributed by atoms with Gasteiger partial charge in [-0.1, -0.05) is 98.8 Å². The van der Waals surface area contributed by atoms with Crippen LogP contribution in [0.3, 0.4) is 0 Å². The van der Waals surface area contributed by atoms with E-state index in [0.717, 1.165) is 44.5 Å². The molecule has 0 fully saturated rings. The minimum Gasteiger partial charge on any atom is -0.542 e. The lowest BCUT2D eigenvalue weighted by atomic mass is 9.79. The molecule has 0 radical (unpaired) electrons. The Bertz CT molecular complexity index is 3120. The van der Waals surface area contributed by atoms with Crippen molar-refractivity contribution >= 4 is 72.3 Å². The molecule has 0 spiro atoms. The number of fused-ring (bicyclic) bond motifs is 6. The highest BCUT2D eigenvalue weighted by atomic mass is 32.2. The lowest BCUT2D eigenvalue weighted by molar-refractivity contribution is -0.438. The fourth-order valence-corrected chi connectivity index (χ4v) is 10.6. The average molecular weight is 1030 g/mol. The van der Waals surface area contributed by atoms with Gasteiger partial charge in [0.25, 0.3) is 16.0 Å². The minimum atomic E-state index is -5.19. The number of amides is 2. The number of Topliss-reactive ketones (excluding diaryl/α,β-unsaturated/α-hetero) is 1. The quantitative estimate of drug-likeness (QED) is 0.0170. The van der Waals surface area contributed by atoms with E-state index in [1.165, 1.54) is 74.0 Å². The van der Waals surface area contributed by atoms with Crippen LogP contribution in [0, 0.1) is 0 Å². The molecule has 17 heteroatoms.